The van der Waals surface area contributed by atoms with Crippen LogP contribution in [0.2, 0.25) is 0 Å². The van der Waals surface area contributed by atoms with Crippen LogP contribution >= 0.6 is 0 Å². The summed E-state index contributed by atoms with van der Waals surface area (Å²) in [5.74, 6) is 0.804. The highest BCUT2D eigenvalue weighted by atomic mass is 32.1. The number of rotatable bonds is 1. The van der Waals surface area contributed by atoms with E-state index < -0.39 is 0 Å². The van der Waals surface area contributed by atoms with Gasteiger partial charge in [0.05, 0.1) is 11.8 Å². The summed E-state index contributed by atoms with van der Waals surface area (Å²) in [5, 5.41) is 0. The molecule has 2 rings (SSSR count). The first-order chi connectivity index (χ1) is 6.38. The first-order valence-electron chi connectivity index (χ1n) is 3.97. The Bertz CT molecular complexity index is 401. The van der Waals surface area contributed by atoms with E-state index in [9.17, 15) is 0 Å². The Balaban J connectivity index is 2.54. The van der Waals surface area contributed by atoms with E-state index in [-0.39, 0.29) is 0 Å². The normalized spacial score (nSPS) is 9.85. The second-order valence-corrected chi connectivity index (χ2v) is 3.03. The monoisotopic (exact) mass is 188 g/mol. The summed E-state index contributed by atoms with van der Waals surface area (Å²) in [4.78, 5) is 4.21. The maximum atomic E-state index is 5.09. The topological polar surface area (TPSA) is 16.8 Å². The van der Waals surface area contributed by atoms with Crippen LogP contribution < -0.4 is 3.97 Å². The number of benzene rings is 1. The fourth-order valence-electron chi connectivity index (χ4n) is 1.15. The number of hydrogen-bond donors (Lipinski definition) is 0. The molecule has 2 nitrogen and oxygen atoms in total. The van der Waals surface area contributed by atoms with Crippen molar-refractivity contribution < 1.29 is 3.97 Å². The van der Waals surface area contributed by atoms with Crippen LogP contribution in [0.3, 0.4) is 0 Å². The van der Waals surface area contributed by atoms with E-state index in [1.165, 1.54) is 0 Å². The van der Waals surface area contributed by atoms with Crippen LogP contribution in [0.15, 0.2) is 48.8 Å². The highest BCUT2D eigenvalue weighted by Gasteiger charge is 2.05. The molecule has 64 valence electrons. The standard InChI is InChI=1S/C10H8N2S/c13-12-8-4-7-11-10(12)9-5-2-1-3-6-9/h1-8H. The van der Waals surface area contributed by atoms with E-state index >= 15 is 0 Å². The van der Waals surface area contributed by atoms with Crippen LogP contribution in [-0.4, -0.2) is 4.98 Å². The van der Waals surface area contributed by atoms with Gasteiger partial charge in [-0.15, -0.1) is 0 Å². The predicted molar refractivity (Wildman–Crippen MR) is 52.6 cm³/mol. The second-order valence-electron chi connectivity index (χ2n) is 2.64. The van der Waals surface area contributed by atoms with E-state index in [0.29, 0.717) is 0 Å². The van der Waals surface area contributed by atoms with Gasteiger partial charge in [-0.25, -0.2) is 0 Å². The van der Waals surface area contributed by atoms with E-state index in [0.717, 1.165) is 11.4 Å². The van der Waals surface area contributed by atoms with Crippen LogP contribution in [0.5, 0.6) is 0 Å². The molecule has 0 spiro atoms. The van der Waals surface area contributed by atoms with Crippen LogP contribution in [0.1, 0.15) is 0 Å². The van der Waals surface area contributed by atoms with Crippen LogP contribution in [0.25, 0.3) is 11.4 Å². The molecule has 0 atom stereocenters. The van der Waals surface area contributed by atoms with Gasteiger partial charge in [0.15, 0.2) is 0 Å². The summed E-state index contributed by atoms with van der Waals surface area (Å²) in [6.45, 7) is 0. The van der Waals surface area contributed by atoms with Gasteiger partial charge in [0.1, 0.15) is 6.20 Å². The van der Waals surface area contributed by atoms with E-state index in [1.807, 2.05) is 42.6 Å². The predicted octanol–water partition coefficient (Wildman–Crippen LogP) is 1.35. The number of hydrogen-bond acceptors (Lipinski definition) is 2. The van der Waals surface area contributed by atoms with Crippen molar-refractivity contribution in [3.05, 3.63) is 48.8 Å². The minimum atomic E-state index is 0.804. The van der Waals surface area contributed by atoms with Crippen LogP contribution in [0.4, 0.5) is 0 Å². The maximum Gasteiger partial charge on any atom is 0.313 e. The molecule has 0 bridgehead atoms. The molecule has 1 aromatic carbocycles. The van der Waals surface area contributed by atoms with Crippen molar-refractivity contribution in [1.29, 1.82) is 0 Å². The van der Waals surface area contributed by atoms with Gasteiger partial charge in [0.25, 0.3) is 0 Å². The molecule has 0 N–H and O–H groups in total. The highest BCUT2D eigenvalue weighted by Crippen LogP contribution is 2.10. The van der Waals surface area contributed by atoms with Crippen molar-refractivity contribution in [2.75, 3.05) is 0 Å². The van der Waals surface area contributed by atoms with Crippen molar-refractivity contribution in [2.24, 2.45) is 0 Å². The Morgan fingerprint density at radius 2 is 1.85 bits per heavy atom. The fraction of sp³-hybridized carbons (Fsp3) is 0. The second kappa shape index (κ2) is 3.49. The Hall–Kier alpha value is -1.48. The third-order valence-corrected chi connectivity index (χ3v) is 2.04. The van der Waals surface area contributed by atoms with E-state index in [2.05, 4.69) is 4.98 Å². The minimum absolute atomic E-state index is 0.804. The lowest BCUT2D eigenvalue weighted by Crippen LogP contribution is -2.29. The molecule has 0 saturated carbocycles. The zero-order valence-corrected chi connectivity index (χ0v) is 7.74. The van der Waals surface area contributed by atoms with Gasteiger partial charge in [-0.1, -0.05) is 23.2 Å². The average Bonchev–Trinajstić information content (AvgIpc) is 2.20. The van der Waals surface area contributed by atoms with Gasteiger partial charge in [0.2, 0.25) is 0 Å². The summed E-state index contributed by atoms with van der Waals surface area (Å²) in [7, 11) is 0. The van der Waals surface area contributed by atoms with Gasteiger partial charge in [-0.3, -0.25) is 0 Å². The third-order valence-electron chi connectivity index (χ3n) is 1.75. The molecular weight excluding hydrogens is 180 g/mol. The van der Waals surface area contributed by atoms with Crippen molar-refractivity contribution in [2.45, 2.75) is 0 Å². The molecule has 13 heavy (non-hydrogen) atoms. The lowest BCUT2D eigenvalue weighted by Gasteiger charge is -2.04. The molecule has 0 aliphatic carbocycles. The molecular formula is C10H8N2S. The van der Waals surface area contributed by atoms with Gasteiger partial charge in [0, 0.05) is 6.07 Å². The van der Waals surface area contributed by atoms with Crippen molar-refractivity contribution in [3.63, 3.8) is 0 Å². The van der Waals surface area contributed by atoms with Gasteiger partial charge in [-0.05, 0) is 12.1 Å². The molecule has 0 fully saturated rings. The lowest BCUT2D eigenvalue weighted by atomic mass is 10.2. The van der Waals surface area contributed by atoms with Crippen molar-refractivity contribution >= 4 is 12.8 Å². The summed E-state index contributed by atoms with van der Waals surface area (Å²) < 4.78 is 1.59. The zero-order valence-electron chi connectivity index (χ0n) is 6.92. The molecule has 0 amide bonds. The van der Waals surface area contributed by atoms with Crippen LogP contribution in [-0.2, 0) is 12.8 Å². The molecule has 0 radical (unpaired) electrons. The minimum Gasteiger partial charge on any atom is -0.554 e. The van der Waals surface area contributed by atoms with Gasteiger partial charge < -0.3 is 16.8 Å². The summed E-state index contributed by atoms with van der Waals surface area (Å²) >= 11 is 5.09. The van der Waals surface area contributed by atoms with Crippen LogP contribution in [0, 0.1) is 0 Å². The number of aromatic nitrogens is 2. The summed E-state index contributed by atoms with van der Waals surface area (Å²) in [6.07, 6.45) is 3.55. The molecule has 0 aliphatic heterocycles. The van der Waals surface area contributed by atoms with Crippen molar-refractivity contribution in [3.8, 4) is 11.4 Å². The fourth-order valence-corrected chi connectivity index (χ4v) is 1.37. The third kappa shape index (κ3) is 1.65. The molecule has 2 aromatic rings. The lowest BCUT2D eigenvalue weighted by molar-refractivity contribution is -0.483. The molecule has 1 heterocycles. The maximum absolute atomic E-state index is 5.09. The summed E-state index contributed by atoms with van der Waals surface area (Å²) in [5.41, 5.74) is 1.04. The van der Waals surface area contributed by atoms with E-state index in [1.54, 1.807) is 10.2 Å². The number of nitrogens with zero attached hydrogens (tertiary/aromatic N) is 2. The molecule has 0 unspecified atom stereocenters. The van der Waals surface area contributed by atoms with Gasteiger partial charge >= 0.3 is 5.82 Å². The molecule has 1 aromatic heterocycles. The largest absolute Gasteiger partial charge is 0.554 e. The Morgan fingerprint density at radius 1 is 1.08 bits per heavy atom. The molecule has 3 heteroatoms. The first kappa shape index (κ1) is 8.13. The zero-order chi connectivity index (χ0) is 9.10. The van der Waals surface area contributed by atoms with E-state index in [4.69, 9.17) is 12.8 Å². The average molecular weight is 188 g/mol. The van der Waals surface area contributed by atoms with Gasteiger partial charge in [-0.2, -0.15) is 0 Å². The highest BCUT2D eigenvalue weighted by molar-refractivity contribution is 7.51. The quantitative estimate of drug-likeness (QED) is 0.496. The Morgan fingerprint density at radius 3 is 2.54 bits per heavy atom. The van der Waals surface area contributed by atoms with Crippen molar-refractivity contribution in [1.82, 2.24) is 4.98 Å². The molecule has 0 saturated heterocycles. The Kier molecular flexibility index (Phi) is 2.19. The SMILES string of the molecule is [S-][n+]1cccnc1-c1ccccc1. The summed E-state index contributed by atoms with van der Waals surface area (Å²) in [6, 6.07) is 11.7. The molecule has 0 aliphatic rings. The Labute approximate surface area is 82.4 Å². The smallest absolute Gasteiger partial charge is 0.313 e. The first-order valence-corrected chi connectivity index (χ1v) is 4.34.